The normalized spacial score (nSPS) is 16.0. The van der Waals surface area contributed by atoms with Crippen LogP contribution in [-0.2, 0) is 0 Å². The summed E-state index contributed by atoms with van der Waals surface area (Å²) in [5.74, 6) is 1.12. The first-order valence-corrected chi connectivity index (χ1v) is 9.63. The second kappa shape index (κ2) is 6.61. The molecule has 0 aliphatic heterocycles. The number of rotatable bonds is 2. The predicted molar refractivity (Wildman–Crippen MR) is 105 cm³/mol. The van der Waals surface area contributed by atoms with E-state index in [4.69, 9.17) is 0 Å². The molecule has 5 rings (SSSR count). The van der Waals surface area contributed by atoms with Crippen LogP contribution in [0.5, 0.6) is 0 Å². The maximum absolute atomic E-state index is 13.1. The molecular formula is C21H21N5O. The molecule has 1 fully saturated rings. The molecule has 6 nitrogen and oxygen atoms in total. The molecule has 0 bridgehead atoms. The summed E-state index contributed by atoms with van der Waals surface area (Å²) in [4.78, 5) is 22.0. The van der Waals surface area contributed by atoms with Crippen LogP contribution in [0, 0.1) is 0 Å². The van der Waals surface area contributed by atoms with Gasteiger partial charge in [-0.25, -0.2) is 4.98 Å². The largest absolute Gasteiger partial charge is 0.312 e. The summed E-state index contributed by atoms with van der Waals surface area (Å²) in [5.41, 5.74) is 1.71. The number of aromatic nitrogens is 5. The SMILES string of the molecule is O=c1c2cnc3nc(-c4ccccc4)nn3c2ccn1C1CCCCCC1. The van der Waals surface area contributed by atoms with E-state index >= 15 is 0 Å². The minimum Gasteiger partial charge on any atom is -0.312 e. The summed E-state index contributed by atoms with van der Waals surface area (Å²) in [7, 11) is 0. The Balaban J connectivity index is 1.65. The molecule has 0 radical (unpaired) electrons. The van der Waals surface area contributed by atoms with Gasteiger partial charge in [0.05, 0.1) is 10.9 Å². The summed E-state index contributed by atoms with van der Waals surface area (Å²) in [5, 5.41) is 5.20. The summed E-state index contributed by atoms with van der Waals surface area (Å²) in [6.07, 6.45) is 10.6. The van der Waals surface area contributed by atoms with Crippen molar-refractivity contribution in [2.45, 2.75) is 44.6 Å². The highest BCUT2D eigenvalue weighted by Gasteiger charge is 2.18. The van der Waals surface area contributed by atoms with E-state index < -0.39 is 0 Å². The van der Waals surface area contributed by atoms with Gasteiger partial charge in [0, 0.05) is 24.0 Å². The van der Waals surface area contributed by atoms with Crippen molar-refractivity contribution in [1.29, 1.82) is 0 Å². The molecule has 1 aliphatic rings. The lowest BCUT2D eigenvalue weighted by atomic mass is 10.1. The molecule has 0 saturated heterocycles. The van der Waals surface area contributed by atoms with Crippen LogP contribution in [0.3, 0.4) is 0 Å². The van der Waals surface area contributed by atoms with Gasteiger partial charge in [-0.15, -0.1) is 5.10 Å². The van der Waals surface area contributed by atoms with E-state index in [1.165, 1.54) is 25.7 Å². The van der Waals surface area contributed by atoms with Gasteiger partial charge in [0.1, 0.15) is 0 Å². The topological polar surface area (TPSA) is 65.1 Å². The van der Waals surface area contributed by atoms with E-state index in [2.05, 4.69) is 15.1 Å². The molecule has 3 aromatic heterocycles. The first kappa shape index (κ1) is 16.2. The number of hydrogen-bond acceptors (Lipinski definition) is 4. The predicted octanol–water partition coefficient (Wildman–Crippen LogP) is 4.00. The third-order valence-corrected chi connectivity index (χ3v) is 5.51. The smallest absolute Gasteiger partial charge is 0.261 e. The molecule has 0 unspecified atom stereocenters. The van der Waals surface area contributed by atoms with E-state index in [1.54, 1.807) is 10.7 Å². The van der Waals surface area contributed by atoms with Crippen molar-refractivity contribution in [3.63, 3.8) is 0 Å². The van der Waals surface area contributed by atoms with Crippen LogP contribution in [0.1, 0.15) is 44.6 Å². The fourth-order valence-electron chi connectivity index (χ4n) is 4.07. The highest BCUT2D eigenvalue weighted by molar-refractivity contribution is 5.79. The van der Waals surface area contributed by atoms with Gasteiger partial charge in [-0.05, 0) is 18.9 Å². The fraction of sp³-hybridized carbons (Fsp3) is 0.333. The molecule has 3 heterocycles. The molecule has 27 heavy (non-hydrogen) atoms. The Hall–Kier alpha value is -3.02. The summed E-state index contributed by atoms with van der Waals surface area (Å²) in [6, 6.07) is 12.1. The second-order valence-electron chi connectivity index (χ2n) is 7.24. The average molecular weight is 359 g/mol. The van der Waals surface area contributed by atoms with Crippen LogP contribution in [0.4, 0.5) is 0 Å². The third kappa shape index (κ3) is 2.81. The van der Waals surface area contributed by atoms with Gasteiger partial charge in [-0.2, -0.15) is 9.50 Å². The molecule has 0 amide bonds. The van der Waals surface area contributed by atoms with Crippen LogP contribution < -0.4 is 5.56 Å². The molecular weight excluding hydrogens is 338 g/mol. The van der Waals surface area contributed by atoms with Crippen LogP contribution >= 0.6 is 0 Å². The zero-order valence-corrected chi connectivity index (χ0v) is 15.1. The highest BCUT2D eigenvalue weighted by atomic mass is 16.1. The lowest BCUT2D eigenvalue weighted by Gasteiger charge is -2.18. The third-order valence-electron chi connectivity index (χ3n) is 5.51. The number of nitrogens with zero attached hydrogens (tertiary/aromatic N) is 5. The Morgan fingerprint density at radius 3 is 2.52 bits per heavy atom. The standard InChI is InChI=1S/C21H21N5O/c27-20-17-14-22-21-23-19(15-8-4-3-5-9-15)24-26(21)18(17)12-13-25(20)16-10-6-1-2-7-11-16/h3-5,8-9,12-14,16H,1-2,6-7,10-11H2. The maximum Gasteiger partial charge on any atom is 0.261 e. The van der Waals surface area contributed by atoms with E-state index in [1.807, 2.05) is 47.2 Å². The van der Waals surface area contributed by atoms with Gasteiger partial charge in [-0.1, -0.05) is 56.0 Å². The van der Waals surface area contributed by atoms with Crippen molar-refractivity contribution in [2.24, 2.45) is 0 Å². The van der Waals surface area contributed by atoms with Crippen molar-refractivity contribution >= 4 is 16.7 Å². The van der Waals surface area contributed by atoms with Gasteiger partial charge in [-0.3, -0.25) is 4.79 Å². The minimum absolute atomic E-state index is 0.0190. The lowest BCUT2D eigenvalue weighted by Crippen LogP contribution is -2.24. The van der Waals surface area contributed by atoms with Crippen LogP contribution in [0.2, 0.25) is 0 Å². The van der Waals surface area contributed by atoms with Crippen LogP contribution in [0.25, 0.3) is 28.1 Å². The summed E-state index contributed by atoms with van der Waals surface area (Å²) in [6.45, 7) is 0. The molecule has 1 aliphatic carbocycles. The fourth-order valence-corrected chi connectivity index (χ4v) is 4.07. The van der Waals surface area contributed by atoms with Gasteiger partial charge in [0.2, 0.25) is 0 Å². The molecule has 0 atom stereocenters. The van der Waals surface area contributed by atoms with Crippen LogP contribution in [0.15, 0.2) is 53.6 Å². The molecule has 0 N–H and O–H groups in total. The molecule has 0 spiro atoms. The Bertz CT molecular complexity index is 1150. The number of benzene rings is 1. The quantitative estimate of drug-likeness (QED) is 0.507. The molecule has 6 heteroatoms. The number of fused-ring (bicyclic) bond motifs is 3. The maximum atomic E-state index is 13.1. The van der Waals surface area contributed by atoms with Gasteiger partial charge in [0.15, 0.2) is 5.82 Å². The van der Waals surface area contributed by atoms with Crippen LogP contribution in [-0.4, -0.2) is 24.1 Å². The Morgan fingerprint density at radius 2 is 1.74 bits per heavy atom. The van der Waals surface area contributed by atoms with E-state index in [0.29, 0.717) is 17.0 Å². The highest BCUT2D eigenvalue weighted by Crippen LogP contribution is 2.26. The monoisotopic (exact) mass is 359 g/mol. The zero-order chi connectivity index (χ0) is 18.2. The van der Waals surface area contributed by atoms with Crippen molar-refractivity contribution in [3.05, 3.63) is 59.1 Å². The zero-order valence-electron chi connectivity index (χ0n) is 15.1. The van der Waals surface area contributed by atoms with E-state index in [0.717, 1.165) is 23.9 Å². The van der Waals surface area contributed by atoms with Gasteiger partial charge >= 0.3 is 0 Å². The van der Waals surface area contributed by atoms with Crippen molar-refractivity contribution in [1.82, 2.24) is 24.1 Å². The average Bonchev–Trinajstić information content (AvgIpc) is 2.97. The molecule has 136 valence electrons. The van der Waals surface area contributed by atoms with Gasteiger partial charge < -0.3 is 4.57 Å². The minimum atomic E-state index is 0.0190. The lowest BCUT2D eigenvalue weighted by molar-refractivity contribution is 0.434. The number of hydrogen-bond donors (Lipinski definition) is 0. The van der Waals surface area contributed by atoms with Gasteiger partial charge in [0.25, 0.3) is 11.3 Å². The van der Waals surface area contributed by atoms with Crippen molar-refractivity contribution < 1.29 is 0 Å². The van der Waals surface area contributed by atoms with Crippen molar-refractivity contribution in [3.8, 4) is 11.4 Å². The second-order valence-corrected chi connectivity index (χ2v) is 7.24. The van der Waals surface area contributed by atoms with Crippen molar-refractivity contribution in [2.75, 3.05) is 0 Å². The Morgan fingerprint density at radius 1 is 0.963 bits per heavy atom. The Kier molecular flexibility index (Phi) is 3.96. The number of pyridine rings is 1. The molecule has 4 aromatic rings. The summed E-state index contributed by atoms with van der Waals surface area (Å²) < 4.78 is 3.58. The summed E-state index contributed by atoms with van der Waals surface area (Å²) >= 11 is 0. The Labute approximate surface area is 156 Å². The first-order chi connectivity index (χ1) is 13.3. The molecule has 1 aromatic carbocycles. The van der Waals surface area contributed by atoms with E-state index in [9.17, 15) is 4.79 Å². The molecule has 1 saturated carbocycles. The van der Waals surface area contributed by atoms with E-state index in [-0.39, 0.29) is 11.6 Å². The first-order valence-electron chi connectivity index (χ1n) is 9.63.